The molecule has 114 valence electrons. The van der Waals surface area contributed by atoms with Crippen molar-refractivity contribution < 1.29 is 22.7 Å². The normalized spacial score (nSPS) is 11.0. The molecular weight excluding hydrogens is 297 g/mol. The van der Waals surface area contributed by atoms with Crippen LogP contribution < -0.4 is 4.74 Å². The molecule has 0 amide bonds. The molecule has 0 aliphatic carbocycles. The number of pyridine rings is 1. The van der Waals surface area contributed by atoms with Crippen molar-refractivity contribution in [3.05, 3.63) is 41.6 Å². The van der Waals surface area contributed by atoms with Crippen LogP contribution in [0.15, 0.2) is 35.5 Å². The molecule has 0 radical (unpaired) electrons. The van der Waals surface area contributed by atoms with Gasteiger partial charge in [-0.25, -0.2) is 9.78 Å². The van der Waals surface area contributed by atoms with Crippen molar-refractivity contribution in [1.82, 2.24) is 4.98 Å². The summed E-state index contributed by atoms with van der Waals surface area (Å²) in [7, 11) is 1.43. The van der Waals surface area contributed by atoms with Gasteiger partial charge in [0.1, 0.15) is 0 Å². The lowest BCUT2D eigenvalue weighted by atomic mass is 9.97. The van der Waals surface area contributed by atoms with Gasteiger partial charge in [0.15, 0.2) is 0 Å². The summed E-state index contributed by atoms with van der Waals surface area (Å²) < 4.78 is 43.8. The second-order valence-electron chi connectivity index (χ2n) is 4.42. The van der Waals surface area contributed by atoms with Crippen LogP contribution in [0.3, 0.4) is 0 Å². The summed E-state index contributed by atoms with van der Waals surface area (Å²) in [5, 5.41) is 0. The third-order valence-corrected chi connectivity index (χ3v) is 3.15. The zero-order valence-electron chi connectivity index (χ0n) is 11.7. The van der Waals surface area contributed by atoms with Gasteiger partial charge in [0.25, 0.3) is 0 Å². The molecule has 4 nitrogen and oxygen atoms in total. The first-order valence-corrected chi connectivity index (χ1v) is 6.17. The number of benzene rings is 1. The molecule has 2 rings (SSSR count). The van der Waals surface area contributed by atoms with Gasteiger partial charge in [-0.1, -0.05) is 6.07 Å². The van der Waals surface area contributed by atoms with E-state index in [0.717, 1.165) is 6.07 Å². The molecule has 0 fully saturated rings. The summed E-state index contributed by atoms with van der Waals surface area (Å²) in [6.07, 6.45) is -1.77. The molecule has 7 heteroatoms. The van der Waals surface area contributed by atoms with Crippen molar-refractivity contribution >= 4 is 11.8 Å². The van der Waals surface area contributed by atoms with Gasteiger partial charge in [0.05, 0.1) is 18.4 Å². The summed E-state index contributed by atoms with van der Waals surface area (Å²) >= 11 is 0. The molecule has 0 saturated heterocycles. The summed E-state index contributed by atoms with van der Waals surface area (Å²) in [5.41, 5.74) is -0.138. The fourth-order valence-electron chi connectivity index (χ4n) is 2.12. The Morgan fingerprint density at radius 2 is 2.00 bits per heavy atom. The minimum atomic E-state index is -4.52. The molecule has 0 aliphatic rings. The molecule has 0 aliphatic heterocycles. The number of halogens is 3. The number of nitrogens with zero attached hydrogens (tertiary/aromatic N) is 2. The molecular formula is C15H11F3N2O2. The Labute approximate surface area is 124 Å². The number of isocyanates is 1. The number of alkyl halides is 3. The van der Waals surface area contributed by atoms with E-state index in [2.05, 4.69) is 9.98 Å². The lowest BCUT2D eigenvalue weighted by Gasteiger charge is -2.15. The molecule has 1 aromatic heterocycles. The first-order valence-electron chi connectivity index (χ1n) is 6.17. The average molecular weight is 308 g/mol. The summed E-state index contributed by atoms with van der Waals surface area (Å²) in [6, 6.07) is 5.36. The topological polar surface area (TPSA) is 51.5 Å². The van der Waals surface area contributed by atoms with Crippen molar-refractivity contribution in [3.8, 4) is 17.0 Å². The van der Waals surface area contributed by atoms with Gasteiger partial charge in [0, 0.05) is 17.8 Å². The lowest BCUT2D eigenvalue weighted by Crippen LogP contribution is -2.07. The van der Waals surface area contributed by atoms with E-state index in [1.54, 1.807) is 12.1 Å². The first-order chi connectivity index (χ1) is 10.4. The number of ether oxygens (including phenoxy) is 1. The van der Waals surface area contributed by atoms with E-state index in [9.17, 15) is 18.0 Å². The lowest BCUT2D eigenvalue weighted by molar-refractivity contribution is -0.138. The van der Waals surface area contributed by atoms with Crippen molar-refractivity contribution in [3.63, 3.8) is 0 Å². The summed E-state index contributed by atoms with van der Waals surface area (Å²) in [6.45, 7) is 1.26. The summed E-state index contributed by atoms with van der Waals surface area (Å²) in [4.78, 5) is 18.0. The van der Waals surface area contributed by atoms with E-state index in [0.29, 0.717) is 17.0 Å². The fraction of sp³-hybridized carbons (Fsp3) is 0.200. The Hall–Kier alpha value is -2.66. The predicted octanol–water partition coefficient (Wildman–Crippen LogP) is 4.05. The van der Waals surface area contributed by atoms with E-state index < -0.39 is 11.7 Å². The number of hydrogen-bond acceptors (Lipinski definition) is 4. The van der Waals surface area contributed by atoms with Gasteiger partial charge in [0.2, 0.25) is 12.0 Å². The summed E-state index contributed by atoms with van der Waals surface area (Å²) in [5.74, 6) is 0.302. The zero-order chi connectivity index (χ0) is 16.3. The quantitative estimate of drug-likeness (QED) is 0.635. The van der Waals surface area contributed by atoms with Gasteiger partial charge >= 0.3 is 6.18 Å². The van der Waals surface area contributed by atoms with Crippen LogP contribution in [0, 0.1) is 6.92 Å². The molecule has 0 N–H and O–H groups in total. The predicted molar refractivity (Wildman–Crippen MR) is 73.7 cm³/mol. The van der Waals surface area contributed by atoms with Crippen molar-refractivity contribution in [2.24, 2.45) is 4.99 Å². The molecule has 0 unspecified atom stereocenters. The Kier molecular flexibility index (Phi) is 4.28. The smallest absolute Gasteiger partial charge is 0.416 e. The van der Waals surface area contributed by atoms with Crippen molar-refractivity contribution in [2.75, 3.05) is 7.11 Å². The molecule has 2 aromatic rings. The van der Waals surface area contributed by atoms with E-state index in [1.807, 2.05) is 0 Å². The molecule has 1 heterocycles. The van der Waals surface area contributed by atoms with Crippen LogP contribution in [0.1, 0.15) is 11.1 Å². The zero-order valence-corrected chi connectivity index (χ0v) is 11.7. The highest BCUT2D eigenvalue weighted by molar-refractivity contribution is 5.80. The SMILES string of the molecule is COc1cc(-c2ccc(C(F)(F)F)c(C)c2N=C=O)ccn1. The van der Waals surface area contributed by atoms with Crippen molar-refractivity contribution in [2.45, 2.75) is 13.1 Å². The third kappa shape index (κ3) is 2.99. The maximum atomic E-state index is 13.0. The van der Waals surface area contributed by atoms with E-state index in [1.165, 1.54) is 32.4 Å². The van der Waals surface area contributed by atoms with E-state index in [-0.39, 0.29) is 11.3 Å². The Balaban J connectivity index is 2.71. The molecule has 1 aromatic carbocycles. The van der Waals surface area contributed by atoms with Gasteiger partial charge in [-0.2, -0.15) is 18.2 Å². The van der Waals surface area contributed by atoms with Crippen LogP contribution in [0.25, 0.3) is 11.1 Å². The van der Waals surface area contributed by atoms with Crippen LogP contribution in [0.5, 0.6) is 5.88 Å². The molecule has 0 saturated carbocycles. The number of hydrogen-bond donors (Lipinski definition) is 0. The number of aromatic nitrogens is 1. The van der Waals surface area contributed by atoms with Crippen LogP contribution in [0.4, 0.5) is 18.9 Å². The second-order valence-corrected chi connectivity index (χ2v) is 4.42. The van der Waals surface area contributed by atoms with Crippen molar-refractivity contribution in [1.29, 1.82) is 0 Å². The largest absolute Gasteiger partial charge is 0.481 e. The number of aliphatic imine (C=N–C) groups is 1. The highest BCUT2D eigenvalue weighted by atomic mass is 19.4. The average Bonchev–Trinajstić information content (AvgIpc) is 2.48. The van der Waals surface area contributed by atoms with Gasteiger partial charge < -0.3 is 4.74 Å². The van der Waals surface area contributed by atoms with Gasteiger partial charge in [-0.05, 0) is 30.2 Å². The minimum absolute atomic E-state index is 0.0712. The highest BCUT2D eigenvalue weighted by Crippen LogP contribution is 2.41. The molecule has 0 spiro atoms. The van der Waals surface area contributed by atoms with E-state index >= 15 is 0 Å². The fourth-order valence-corrected chi connectivity index (χ4v) is 2.12. The second kappa shape index (κ2) is 5.99. The van der Waals surface area contributed by atoms with Crippen LogP contribution in [-0.4, -0.2) is 18.2 Å². The Morgan fingerprint density at radius 1 is 1.27 bits per heavy atom. The van der Waals surface area contributed by atoms with E-state index in [4.69, 9.17) is 4.74 Å². The standard InChI is InChI=1S/C15H11F3N2O2/c1-9-12(15(16,17)18)4-3-11(14(9)20-8-21)10-5-6-19-13(7-10)22-2/h3-7H,1-2H3. The Bertz CT molecular complexity index is 751. The maximum absolute atomic E-state index is 13.0. The number of rotatable bonds is 3. The third-order valence-electron chi connectivity index (χ3n) is 3.15. The minimum Gasteiger partial charge on any atom is -0.481 e. The Morgan fingerprint density at radius 3 is 2.59 bits per heavy atom. The number of carbonyl (C=O) groups excluding carboxylic acids is 1. The molecule has 22 heavy (non-hydrogen) atoms. The first kappa shape index (κ1) is 15.7. The van der Waals surface area contributed by atoms with Crippen LogP contribution >= 0.6 is 0 Å². The maximum Gasteiger partial charge on any atom is 0.416 e. The number of methoxy groups -OCH3 is 1. The molecule has 0 atom stereocenters. The monoisotopic (exact) mass is 308 g/mol. The van der Waals surface area contributed by atoms with Gasteiger partial charge in [-0.3, -0.25) is 0 Å². The molecule has 0 bridgehead atoms. The van der Waals surface area contributed by atoms with Crippen LogP contribution in [-0.2, 0) is 11.0 Å². The highest BCUT2D eigenvalue weighted by Gasteiger charge is 2.33. The van der Waals surface area contributed by atoms with Gasteiger partial charge in [-0.15, -0.1) is 0 Å². The van der Waals surface area contributed by atoms with Crippen LogP contribution in [0.2, 0.25) is 0 Å².